The number of hydrogen-bond acceptors (Lipinski definition) is 2. The van der Waals surface area contributed by atoms with Gasteiger partial charge in [-0.3, -0.25) is 4.79 Å². The van der Waals surface area contributed by atoms with Crippen LogP contribution in [0.1, 0.15) is 14.4 Å². The standard InChI is InChI=1S/C3H7NO2.CH4.Pd/c1-2(4)3(5)6;;/h2H,4H2,1H3,(H,5,6);1H4;/t2-;;/m0../s1. The van der Waals surface area contributed by atoms with Gasteiger partial charge in [-0.25, -0.2) is 0 Å². The molecule has 8 heavy (non-hydrogen) atoms. The van der Waals surface area contributed by atoms with E-state index in [2.05, 4.69) is 0 Å². The van der Waals surface area contributed by atoms with E-state index < -0.39 is 12.0 Å². The van der Waals surface area contributed by atoms with Crippen molar-refractivity contribution >= 4 is 5.97 Å². The summed E-state index contributed by atoms with van der Waals surface area (Å²) in [5, 5.41) is 7.87. The smallest absolute Gasteiger partial charge is 0.320 e. The predicted octanol–water partition coefficient (Wildman–Crippen LogP) is 0.0518. The van der Waals surface area contributed by atoms with Crippen LogP contribution in [0.4, 0.5) is 0 Å². The first-order chi connectivity index (χ1) is 2.64. The molecule has 0 aromatic carbocycles. The molecular formula is C4H11NO2Pd. The third-order valence-corrected chi connectivity index (χ3v) is 0.390. The number of nitrogens with two attached hydrogens (primary N) is 1. The molecule has 0 aromatic rings. The molecule has 0 radical (unpaired) electrons. The summed E-state index contributed by atoms with van der Waals surface area (Å²) < 4.78 is 0. The Morgan fingerprint density at radius 3 is 1.88 bits per heavy atom. The summed E-state index contributed by atoms with van der Waals surface area (Å²) in [4.78, 5) is 9.57. The Morgan fingerprint density at radius 1 is 1.75 bits per heavy atom. The third kappa shape index (κ3) is 9.43. The SMILES string of the molecule is C.C[C@H](N)C(=O)O.[Pd]. The molecule has 0 rings (SSSR count). The van der Waals surface area contributed by atoms with Gasteiger partial charge in [0, 0.05) is 20.4 Å². The van der Waals surface area contributed by atoms with E-state index in [-0.39, 0.29) is 27.8 Å². The fourth-order valence-corrected chi connectivity index (χ4v) is 0. The van der Waals surface area contributed by atoms with E-state index in [1.807, 2.05) is 0 Å². The molecule has 54 valence electrons. The van der Waals surface area contributed by atoms with Crippen molar-refractivity contribution in [1.82, 2.24) is 0 Å². The molecule has 0 aliphatic rings. The molecule has 0 aliphatic heterocycles. The molecule has 1 atom stereocenters. The minimum absolute atomic E-state index is 0. The van der Waals surface area contributed by atoms with E-state index in [0.29, 0.717) is 0 Å². The third-order valence-electron chi connectivity index (χ3n) is 0.390. The van der Waals surface area contributed by atoms with E-state index in [1.54, 1.807) is 0 Å². The number of carboxylic acid groups (broad SMARTS) is 1. The molecule has 0 saturated carbocycles. The van der Waals surface area contributed by atoms with Crippen LogP contribution in [0.2, 0.25) is 0 Å². The second-order valence-corrected chi connectivity index (χ2v) is 1.13. The molecule has 0 aliphatic carbocycles. The van der Waals surface area contributed by atoms with Crippen LogP contribution in [0.15, 0.2) is 0 Å². The minimum Gasteiger partial charge on any atom is -0.480 e. The van der Waals surface area contributed by atoms with Gasteiger partial charge in [0.15, 0.2) is 0 Å². The summed E-state index contributed by atoms with van der Waals surface area (Å²) in [6, 6.07) is -0.731. The van der Waals surface area contributed by atoms with E-state index in [4.69, 9.17) is 10.8 Å². The van der Waals surface area contributed by atoms with Crippen LogP contribution in [-0.2, 0) is 25.2 Å². The number of hydrogen-bond donors (Lipinski definition) is 2. The number of aliphatic carboxylic acids is 1. The normalized spacial score (nSPS) is 10.2. The van der Waals surface area contributed by atoms with Crippen molar-refractivity contribution in [1.29, 1.82) is 0 Å². The molecule has 0 bridgehead atoms. The van der Waals surface area contributed by atoms with Crippen LogP contribution >= 0.6 is 0 Å². The Morgan fingerprint density at radius 2 is 1.88 bits per heavy atom. The molecule has 0 aromatic heterocycles. The van der Waals surface area contributed by atoms with E-state index >= 15 is 0 Å². The van der Waals surface area contributed by atoms with Gasteiger partial charge >= 0.3 is 5.97 Å². The Kier molecular flexibility index (Phi) is 13.9. The fraction of sp³-hybridized carbons (Fsp3) is 0.750. The molecule has 0 saturated heterocycles. The zero-order chi connectivity index (χ0) is 5.15. The van der Waals surface area contributed by atoms with Gasteiger partial charge < -0.3 is 10.8 Å². The van der Waals surface area contributed by atoms with Crippen LogP contribution in [0.25, 0.3) is 0 Å². The predicted molar refractivity (Wildman–Crippen MR) is 28.0 cm³/mol. The quantitative estimate of drug-likeness (QED) is 0.603. The van der Waals surface area contributed by atoms with E-state index in [1.165, 1.54) is 6.92 Å². The van der Waals surface area contributed by atoms with Gasteiger partial charge in [0.1, 0.15) is 6.04 Å². The van der Waals surface area contributed by atoms with Crippen molar-refractivity contribution in [2.24, 2.45) is 5.73 Å². The Balaban J connectivity index is -0.000000125. The van der Waals surface area contributed by atoms with Crippen LogP contribution in [-0.4, -0.2) is 17.1 Å². The maximum Gasteiger partial charge on any atom is 0.320 e. The average Bonchev–Trinajstić information content (AvgIpc) is 1.36. The van der Waals surface area contributed by atoms with E-state index in [0.717, 1.165) is 0 Å². The summed E-state index contributed by atoms with van der Waals surface area (Å²) in [5.74, 6) is -0.963. The van der Waals surface area contributed by atoms with Crippen molar-refractivity contribution in [2.75, 3.05) is 0 Å². The van der Waals surface area contributed by atoms with Crippen molar-refractivity contribution in [3.8, 4) is 0 Å². The van der Waals surface area contributed by atoms with Gasteiger partial charge in [-0.15, -0.1) is 0 Å². The molecule has 0 heterocycles. The van der Waals surface area contributed by atoms with Gasteiger partial charge in [0.05, 0.1) is 0 Å². The van der Waals surface area contributed by atoms with Gasteiger partial charge in [-0.05, 0) is 6.92 Å². The van der Waals surface area contributed by atoms with Crippen molar-refractivity contribution < 1.29 is 30.3 Å². The maximum absolute atomic E-state index is 9.57. The maximum atomic E-state index is 9.57. The number of carboxylic acids is 1. The molecule has 0 amide bonds. The van der Waals surface area contributed by atoms with Crippen molar-refractivity contribution in [3.63, 3.8) is 0 Å². The zero-order valence-corrected chi connectivity index (χ0v) is 5.38. The van der Waals surface area contributed by atoms with Crippen molar-refractivity contribution in [3.05, 3.63) is 0 Å². The Hall–Kier alpha value is 0.0923. The van der Waals surface area contributed by atoms with E-state index in [9.17, 15) is 4.79 Å². The summed E-state index contributed by atoms with van der Waals surface area (Å²) in [6.45, 7) is 1.42. The molecule has 4 heteroatoms. The fourth-order valence-electron chi connectivity index (χ4n) is 0. The van der Waals surface area contributed by atoms with Crippen LogP contribution in [0, 0.1) is 0 Å². The second kappa shape index (κ2) is 7.09. The van der Waals surface area contributed by atoms with Crippen LogP contribution in [0.5, 0.6) is 0 Å². The molecule has 3 N–H and O–H groups in total. The molecule has 0 fully saturated rings. The molecule has 3 nitrogen and oxygen atoms in total. The molecule has 0 unspecified atom stereocenters. The Labute approximate surface area is 62.9 Å². The van der Waals surface area contributed by atoms with Gasteiger partial charge in [-0.2, -0.15) is 0 Å². The van der Waals surface area contributed by atoms with Gasteiger partial charge in [-0.1, -0.05) is 7.43 Å². The van der Waals surface area contributed by atoms with Crippen LogP contribution < -0.4 is 5.73 Å². The second-order valence-electron chi connectivity index (χ2n) is 1.13. The minimum atomic E-state index is -0.963. The monoisotopic (exact) mass is 211 g/mol. The Bertz CT molecular complexity index is 65.1. The van der Waals surface area contributed by atoms with Gasteiger partial charge in [0.25, 0.3) is 0 Å². The first kappa shape index (κ1) is 15.7. The van der Waals surface area contributed by atoms with Crippen molar-refractivity contribution in [2.45, 2.75) is 20.4 Å². The average molecular weight is 212 g/mol. The number of carbonyl (C=O) groups is 1. The topological polar surface area (TPSA) is 63.3 Å². The zero-order valence-electron chi connectivity index (χ0n) is 3.83. The first-order valence-corrected chi connectivity index (χ1v) is 1.63. The largest absolute Gasteiger partial charge is 0.480 e. The van der Waals surface area contributed by atoms with Crippen LogP contribution in [0.3, 0.4) is 0 Å². The first-order valence-electron chi connectivity index (χ1n) is 1.63. The van der Waals surface area contributed by atoms with Gasteiger partial charge in [0.2, 0.25) is 0 Å². The summed E-state index contributed by atoms with van der Waals surface area (Å²) >= 11 is 0. The number of rotatable bonds is 1. The molecule has 0 spiro atoms. The summed E-state index contributed by atoms with van der Waals surface area (Å²) in [7, 11) is 0. The molecular weight excluding hydrogens is 200 g/mol. The summed E-state index contributed by atoms with van der Waals surface area (Å²) in [6.07, 6.45) is 0. The summed E-state index contributed by atoms with van der Waals surface area (Å²) in [5.41, 5.74) is 4.84.